The number of carbonyl (C=O) groups excluding carboxylic acids is 2. The van der Waals surface area contributed by atoms with Crippen molar-refractivity contribution in [3.8, 4) is 5.75 Å². The number of nitrogens with one attached hydrogen (secondary N) is 3. The number of likely N-dealkylation sites (N-methyl/N-ethyl adjacent to an activating group) is 1. The molecule has 2 aromatic rings. The maximum absolute atomic E-state index is 13.3. The molecule has 1 aliphatic rings. The second-order valence-corrected chi connectivity index (χ2v) is 7.84. The highest BCUT2D eigenvalue weighted by Crippen LogP contribution is 2.30. The second-order valence-electron chi connectivity index (χ2n) is 7.84. The Morgan fingerprint density at radius 3 is 2.58 bits per heavy atom. The Morgan fingerprint density at radius 2 is 1.90 bits per heavy atom. The highest BCUT2D eigenvalue weighted by Gasteiger charge is 2.32. The first-order valence-corrected chi connectivity index (χ1v) is 10.4. The Morgan fingerprint density at radius 1 is 1.19 bits per heavy atom. The minimum Gasteiger partial charge on any atom is -0.488 e. The van der Waals surface area contributed by atoms with Gasteiger partial charge in [-0.2, -0.15) is 0 Å². The monoisotopic (exact) mass is 426 g/mol. The number of ether oxygens (including phenoxy) is 1. The molecular weight excluding hydrogens is 396 g/mol. The van der Waals surface area contributed by atoms with Crippen LogP contribution in [0.4, 0.5) is 16.2 Å². The van der Waals surface area contributed by atoms with Crippen LogP contribution in [-0.4, -0.2) is 60.8 Å². The summed E-state index contributed by atoms with van der Waals surface area (Å²) in [5, 5.41) is 18.3. The van der Waals surface area contributed by atoms with E-state index in [0.717, 1.165) is 0 Å². The molecule has 0 aromatic heterocycles. The summed E-state index contributed by atoms with van der Waals surface area (Å²) >= 11 is 0. The Kier molecular flexibility index (Phi) is 7.49. The van der Waals surface area contributed by atoms with E-state index < -0.39 is 6.03 Å². The summed E-state index contributed by atoms with van der Waals surface area (Å²) < 4.78 is 6.18. The number of urea groups is 1. The van der Waals surface area contributed by atoms with E-state index in [1.165, 1.54) is 0 Å². The van der Waals surface area contributed by atoms with Gasteiger partial charge in [-0.05, 0) is 44.3 Å². The minimum absolute atomic E-state index is 0.0630. The third kappa shape index (κ3) is 5.53. The number of rotatable bonds is 6. The number of aliphatic hydroxyl groups excluding tert-OH is 1. The third-order valence-electron chi connectivity index (χ3n) is 5.36. The van der Waals surface area contributed by atoms with Crippen LogP contribution in [0.15, 0.2) is 48.5 Å². The van der Waals surface area contributed by atoms with Crippen molar-refractivity contribution in [3.05, 3.63) is 54.1 Å². The van der Waals surface area contributed by atoms with Gasteiger partial charge in [-0.1, -0.05) is 25.1 Å². The van der Waals surface area contributed by atoms with E-state index in [0.29, 0.717) is 35.8 Å². The van der Waals surface area contributed by atoms with Crippen molar-refractivity contribution in [2.75, 3.05) is 37.4 Å². The first-order valence-electron chi connectivity index (χ1n) is 10.4. The van der Waals surface area contributed by atoms with Crippen LogP contribution in [0.2, 0.25) is 0 Å². The molecule has 31 heavy (non-hydrogen) atoms. The number of aliphatic hydroxyl groups is 1. The van der Waals surface area contributed by atoms with Crippen molar-refractivity contribution in [3.63, 3.8) is 0 Å². The van der Waals surface area contributed by atoms with Crippen molar-refractivity contribution in [2.24, 2.45) is 5.92 Å². The molecule has 3 amide bonds. The van der Waals surface area contributed by atoms with Gasteiger partial charge < -0.3 is 30.7 Å². The largest absolute Gasteiger partial charge is 0.488 e. The first-order chi connectivity index (χ1) is 14.9. The average molecular weight is 427 g/mol. The number of fused-ring (bicyclic) bond motifs is 1. The SMILES string of the molecule is CNC[C@@H]1Oc2ccc(NC(=O)Nc3ccccc3)cc2C(=O)N([C@@H](C)CO)C[C@H]1C. The molecule has 1 heterocycles. The molecule has 0 fully saturated rings. The molecule has 0 unspecified atom stereocenters. The van der Waals surface area contributed by atoms with Crippen LogP contribution in [0.25, 0.3) is 0 Å². The van der Waals surface area contributed by atoms with Gasteiger partial charge in [0.2, 0.25) is 0 Å². The highest BCUT2D eigenvalue weighted by molar-refractivity contribution is 6.02. The zero-order valence-electron chi connectivity index (χ0n) is 18.1. The number of anilines is 2. The quantitative estimate of drug-likeness (QED) is 0.569. The molecule has 1 aliphatic heterocycles. The molecule has 3 rings (SSSR count). The lowest BCUT2D eigenvalue weighted by Gasteiger charge is -2.37. The maximum atomic E-state index is 13.3. The van der Waals surface area contributed by atoms with Crippen LogP contribution in [0.1, 0.15) is 24.2 Å². The van der Waals surface area contributed by atoms with E-state index in [2.05, 4.69) is 16.0 Å². The molecule has 0 bridgehead atoms. The predicted octanol–water partition coefficient (Wildman–Crippen LogP) is 2.77. The number of hydrogen-bond donors (Lipinski definition) is 4. The van der Waals surface area contributed by atoms with E-state index in [4.69, 9.17) is 4.74 Å². The molecule has 0 radical (unpaired) electrons. The van der Waals surface area contributed by atoms with Crippen molar-refractivity contribution in [1.82, 2.24) is 10.2 Å². The van der Waals surface area contributed by atoms with E-state index >= 15 is 0 Å². The fourth-order valence-electron chi connectivity index (χ4n) is 3.56. The number of benzene rings is 2. The van der Waals surface area contributed by atoms with Crippen LogP contribution < -0.4 is 20.7 Å². The number of amides is 3. The molecule has 8 heteroatoms. The minimum atomic E-state index is -0.410. The highest BCUT2D eigenvalue weighted by atomic mass is 16.5. The Bertz CT molecular complexity index is 906. The van der Waals surface area contributed by atoms with Gasteiger partial charge in [-0.15, -0.1) is 0 Å². The molecule has 0 saturated heterocycles. The zero-order chi connectivity index (χ0) is 22.4. The summed E-state index contributed by atoms with van der Waals surface area (Å²) in [5.41, 5.74) is 1.49. The number of carbonyl (C=O) groups is 2. The third-order valence-corrected chi connectivity index (χ3v) is 5.36. The van der Waals surface area contributed by atoms with E-state index in [1.807, 2.05) is 39.1 Å². The van der Waals surface area contributed by atoms with E-state index in [-0.39, 0.29) is 30.6 Å². The lowest BCUT2D eigenvalue weighted by molar-refractivity contribution is 0.0416. The Balaban J connectivity index is 1.87. The van der Waals surface area contributed by atoms with Crippen LogP contribution in [-0.2, 0) is 0 Å². The average Bonchev–Trinajstić information content (AvgIpc) is 2.76. The van der Waals surface area contributed by atoms with E-state index in [1.54, 1.807) is 35.2 Å². The Labute approximate surface area is 182 Å². The van der Waals surface area contributed by atoms with Gasteiger partial charge in [-0.25, -0.2) is 4.79 Å². The normalized spacial score (nSPS) is 19.5. The number of hydrogen-bond acceptors (Lipinski definition) is 5. The molecule has 8 nitrogen and oxygen atoms in total. The van der Waals surface area contributed by atoms with Crippen LogP contribution in [0, 0.1) is 5.92 Å². The topological polar surface area (TPSA) is 103 Å². The van der Waals surface area contributed by atoms with Gasteiger partial charge in [0.15, 0.2) is 0 Å². The summed E-state index contributed by atoms with van der Waals surface area (Å²) in [6.45, 7) is 4.79. The predicted molar refractivity (Wildman–Crippen MR) is 121 cm³/mol. The molecule has 0 aliphatic carbocycles. The summed E-state index contributed by atoms with van der Waals surface area (Å²) in [7, 11) is 1.85. The van der Waals surface area contributed by atoms with Crippen molar-refractivity contribution < 1.29 is 19.4 Å². The zero-order valence-corrected chi connectivity index (χ0v) is 18.1. The van der Waals surface area contributed by atoms with Gasteiger partial charge in [0, 0.05) is 30.4 Å². The molecule has 3 atom stereocenters. The van der Waals surface area contributed by atoms with Gasteiger partial charge in [0.1, 0.15) is 11.9 Å². The number of para-hydroxylation sites is 1. The standard InChI is InChI=1S/C23H30N4O4/c1-15-13-27(16(2)14-28)22(29)19-11-18(9-10-20(19)31-21(15)12-24-3)26-23(30)25-17-7-5-4-6-8-17/h4-11,15-16,21,24,28H,12-14H2,1-3H3,(H2,25,26,30)/t15-,16+,21+/m1/s1. The van der Waals surface area contributed by atoms with Gasteiger partial charge in [0.05, 0.1) is 18.2 Å². The molecule has 0 saturated carbocycles. The molecule has 0 spiro atoms. The fourth-order valence-corrected chi connectivity index (χ4v) is 3.56. The summed E-state index contributed by atoms with van der Waals surface area (Å²) in [6.07, 6.45) is -0.148. The smallest absolute Gasteiger partial charge is 0.323 e. The summed E-state index contributed by atoms with van der Waals surface area (Å²) in [6, 6.07) is 13.4. The Hall–Kier alpha value is -3.10. The van der Waals surface area contributed by atoms with Crippen molar-refractivity contribution in [1.29, 1.82) is 0 Å². The summed E-state index contributed by atoms with van der Waals surface area (Å²) in [5.74, 6) is 0.285. The van der Waals surface area contributed by atoms with Gasteiger partial charge in [0.25, 0.3) is 5.91 Å². The van der Waals surface area contributed by atoms with Crippen LogP contribution in [0.3, 0.4) is 0 Å². The second kappa shape index (κ2) is 10.3. The van der Waals surface area contributed by atoms with Crippen molar-refractivity contribution in [2.45, 2.75) is 26.0 Å². The van der Waals surface area contributed by atoms with E-state index in [9.17, 15) is 14.7 Å². The van der Waals surface area contributed by atoms with Crippen molar-refractivity contribution >= 4 is 23.3 Å². The molecule has 4 N–H and O–H groups in total. The lowest BCUT2D eigenvalue weighted by Crippen LogP contribution is -2.49. The molecular formula is C23H30N4O4. The maximum Gasteiger partial charge on any atom is 0.323 e. The first kappa shape index (κ1) is 22.6. The lowest BCUT2D eigenvalue weighted by atomic mass is 9.99. The molecule has 166 valence electrons. The van der Waals surface area contributed by atoms with Crippen LogP contribution >= 0.6 is 0 Å². The summed E-state index contributed by atoms with van der Waals surface area (Å²) in [4.78, 5) is 27.4. The van der Waals surface area contributed by atoms with Gasteiger partial charge >= 0.3 is 6.03 Å². The number of nitrogens with zero attached hydrogens (tertiary/aromatic N) is 1. The molecule has 2 aromatic carbocycles. The van der Waals surface area contributed by atoms with Gasteiger partial charge in [-0.3, -0.25) is 4.79 Å². The fraction of sp³-hybridized carbons (Fsp3) is 0.391. The van der Waals surface area contributed by atoms with Crippen LogP contribution in [0.5, 0.6) is 5.75 Å².